The Morgan fingerprint density at radius 1 is 1.29 bits per heavy atom. The Hall–Kier alpha value is -2.24. The second-order valence-electron chi connectivity index (χ2n) is 5.54. The van der Waals surface area contributed by atoms with Crippen LogP contribution < -0.4 is 0 Å². The van der Waals surface area contributed by atoms with Crippen LogP contribution in [0.5, 0.6) is 0 Å². The van der Waals surface area contributed by atoms with Gasteiger partial charge < -0.3 is 5.11 Å². The zero-order valence-electron chi connectivity index (χ0n) is 11.8. The Morgan fingerprint density at radius 2 is 2.10 bits per heavy atom. The van der Waals surface area contributed by atoms with Gasteiger partial charge in [-0.2, -0.15) is 0 Å². The fourth-order valence-corrected chi connectivity index (χ4v) is 2.95. The highest BCUT2D eigenvalue weighted by atomic mass is 16.4. The van der Waals surface area contributed by atoms with E-state index in [1.807, 2.05) is 6.07 Å². The van der Waals surface area contributed by atoms with Gasteiger partial charge in [-0.1, -0.05) is 31.4 Å². The molecular weight excluding hydrogens is 268 g/mol. The number of carboxylic acids is 1. The summed E-state index contributed by atoms with van der Waals surface area (Å²) < 4.78 is 1.80. The normalized spacial score (nSPS) is 16.0. The van der Waals surface area contributed by atoms with Crippen molar-refractivity contribution >= 4 is 5.97 Å². The molecule has 1 aliphatic carbocycles. The Labute approximate surface area is 122 Å². The third kappa shape index (κ3) is 3.09. The summed E-state index contributed by atoms with van der Waals surface area (Å²) in [6, 6.07) is 6.92. The van der Waals surface area contributed by atoms with Gasteiger partial charge in [0.05, 0.1) is 12.1 Å². The van der Waals surface area contributed by atoms with Crippen LogP contribution in [0.2, 0.25) is 0 Å². The fraction of sp³-hybridized carbons (Fsp3) is 0.467. The van der Waals surface area contributed by atoms with Crippen molar-refractivity contribution in [1.82, 2.24) is 20.2 Å². The molecule has 0 unspecified atom stereocenters. The minimum absolute atomic E-state index is 0.291. The van der Waals surface area contributed by atoms with Crippen LogP contribution in [0, 0.1) is 0 Å². The highest BCUT2D eigenvalue weighted by molar-refractivity contribution is 5.87. The van der Waals surface area contributed by atoms with Gasteiger partial charge in [-0.25, -0.2) is 9.48 Å². The summed E-state index contributed by atoms with van der Waals surface area (Å²) in [6.07, 6.45) is 6.02. The first-order valence-corrected chi connectivity index (χ1v) is 7.32. The van der Waals surface area contributed by atoms with Gasteiger partial charge in [0, 0.05) is 5.92 Å². The highest BCUT2D eigenvalue weighted by Gasteiger charge is 2.21. The molecule has 1 aromatic carbocycles. The van der Waals surface area contributed by atoms with E-state index in [1.54, 1.807) is 22.9 Å². The third-order valence-electron chi connectivity index (χ3n) is 4.04. The molecule has 0 spiro atoms. The van der Waals surface area contributed by atoms with E-state index < -0.39 is 5.97 Å². The first kappa shape index (κ1) is 13.7. The number of carboxylic acid groups (broad SMARTS) is 1. The number of nitrogens with zero attached hydrogens (tertiary/aromatic N) is 4. The predicted octanol–water partition coefficient (Wildman–Crippen LogP) is 2.47. The molecule has 0 saturated heterocycles. The van der Waals surface area contributed by atoms with E-state index in [0.717, 1.165) is 24.2 Å². The van der Waals surface area contributed by atoms with Crippen LogP contribution in [0.3, 0.4) is 0 Å². The van der Waals surface area contributed by atoms with E-state index in [4.69, 9.17) is 5.11 Å². The second-order valence-corrected chi connectivity index (χ2v) is 5.54. The maximum atomic E-state index is 11.0. The van der Waals surface area contributed by atoms with Gasteiger partial charge >= 0.3 is 5.97 Å². The van der Waals surface area contributed by atoms with Crippen molar-refractivity contribution in [3.8, 4) is 0 Å². The molecule has 0 atom stereocenters. The van der Waals surface area contributed by atoms with Crippen molar-refractivity contribution in [3.63, 3.8) is 0 Å². The molecule has 1 aromatic heterocycles. The molecule has 110 valence electrons. The van der Waals surface area contributed by atoms with Gasteiger partial charge in [0.1, 0.15) is 0 Å². The molecule has 0 aliphatic heterocycles. The van der Waals surface area contributed by atoms with Crippen LogP contribution in [-0.4, -0.2) is 31.3 Å². The summed E-state index contributed by atoms with van der Waals surface area (Å²) in [5.74, 6) is 0.438. The third-order valence-corrected chi connectivity index (χ3v) is 4.04. The lowest BCUT2D eigenvalue weighted by atomic mass is 9.89. The van der Waals surface area contributed by atoms with Crippen molar-refractivity contribution in [2.45, 2.75) is 44.6 Å². The van der Waals surface area contributed by atoms with E-state index >= 15 is 0 Å². The van der Waals surface area contributed by atoms with Gasteiger partial charge in [-0.3, -0.25) is 0 Å². The average Bonchev–Trinajstić information content (AvgIpc) is 2.96. The summed E-state index contributed by atoms with van der Waals surface area (Å²) in [7, 11) is 0. The number of rotatable bonds is 4. The molecule has 0 radical (unpaired) electrons. The lowest BCUT2D eigenvalue weighted by Crippen LogP contribution is -2.14. The molecule has 6 nitrogen and oxygen atoms in total. The number of tetrazole rings is 1. The molecule has 21 heavy (non-hydrogen) atoms. The van der Waals surface area contributed by atoms with E-state index in [0.29, 0.717) is 18.0 Å². The lowest BCUT2D eigenvalue weighted by Gasteiger charge is -2.20. The maximum Gasteiger partial charge on any atom is 0.335 e. The number of hydrogen-bond donors (Lipinski definition) is 1. The minimum Gasteiger partial charge on any atom is -0.478 e. The topological polar surface area (TPSA) is 80.9 Å². The summed E-state index contributed by atoms with van der Waals surface area (Å²) in [6.45, 7) is 0.514. The molecule has 0 amide bonds. The van der Waals surface area contributed by atoms with Crippen LogP contribution in [-0.2, 0) is 6.54 Å². The van der Waals surface area contributed by atoms with Gasteiger partial charge in [0.15, 0.2) is 5.82 Å². The van der Waals surface area contributed by atoms with Gasteiger partial charge in [0.25, 0.3) is 0 Å². The van der Waals surface area contributed by atoms with Crippen LogP contribution in [0.15, 0.2) is 24.3 Å². The molecule has 1 heterocycles. The monoisotopic (exact) mass is 286 g/mol. The number of carbonyl (C=O) groups is 1. The van der Waals surface area contributed by atoms with Crippen LogP contribution in [0.4, 0.5) is 0 Å². The van der Waals surface area contributed by atoms with Crippen molar-refractivity contribution in [2.24, 2.45) is 0 Å². The molecule has 3 rings (SSSR count). The second kappa shape index (κ2) is 6.03. The summed E-state index contributed by atoms with van der Waals surface area (Å²) in [5, 5.41) is 21.1. The number of aromatic carboxylic acids is 1. The van der Waals surface area contributed by atoms with E-state index in [1.165, 1.54) is 19.3 Å². The van der Waals surface area contributed by atoms with Crippen molar-refractivity contribution in [3.05, 3.63) is 41.2 Å². The molecule has 1 aliphatic rings. The quantitative estimate of drug-likeness (QED) is 0.933. The molecule has 0 bridgehead atoms. The lowest BCUT2D eigenvalue weighted by molar-refractivity contribution is 0.0696. The van der Waals surface area contributed by atoms with Gasteiger partial charge in [-0.15, -0.1) is 5.10 Å². The van der Waals surface area contributed by atoms with Gasteiger partial charge in [-0.05, 0) is 41.0 Å². The summed E-state index contributed by atoms with van der Waals surface area (Å²) in [5.41, 5.74) is 1.19. The van der Waals surface area contributed by atoms with Crippen molar-refractivity contribution in [2.75, 3.05) is 0 Å². The molecular formula is C15H18N4O2. The Morgan fingerprint density at radius 3 is 2.86 bits per heavy atom. The zero-order valence-corrected chi connectivity index (χ0v) is 11.8. The highest BCUT2D eigenvalue weighted by Crippen LogP contribution is 2.31. The minimum atomic E-state index is -0.916. The van der Waals surface area contributed by atoms with Crippen LogP contribution >= 0.6 is 0 Å². The molecule has 1 saturated carbocycles. The maximum absolute atomic E-state index is 11.0. The largest absolute Gasteiger partial charge is 0.478 e. The summed E-state index contributed by atoms with van der Waals surface area (Å²) >= 11 is 0. The molecule has 2 aromatic rings. The summed E-state index contributed by atoms with van der Waals surface area (Å²) in [4.78, 5) is 11.0. The average molecular weight is 286 g/mol. The SMILES string of the molecule is O=C(O)c1cccc(Cn2nnnc2C2CCCCC2)c1. The number of hydrogen-bond acceptors (Lipinski definition) is 4. The van der Waals surface area contributed by atoms with Crippen molar-refractivity contribution in [1.29, 1.82) is 0 Å². The first-order chi connectivity index (χ1) is 10.2. The molecule has 1 fully saturated rings. The van der Waals surface area contributed by atoms with E-state index in [2.05, 4.69) is 15.5 Å². The van der Waals surface area contributed by atoms with E-state index in [-0.39, 0.29) is 0 Å². The Bertz CT molecular complexity index is 632. The van der Waals surface area contributed by atoms with E-state index in [9.17, 15) is 4.79 Å². The fourth-order valence-electron chi connectivity index (χ4n) is 2.95. The molecule has 1 N–H and O–H groups in total. The number of aromatic nitrogens is 4. The standard InChI is InChI=1S/C15H18N4O2/c20-15(21)13-8-4-5-11(9-13)10-19-14(16-17-18-19)12-6-2-1-3-7-12/h4-5,8-9,12H,1-3,6-7,10H2,(H,20,21). The smallest absolute Gasteiger partial charge is 0.335 e. The van der Waals surface area contributed by atoms with Crippen molar-refractivity contribution < 1.29 is 9.90 Å². The molecule has 6 heteroatoms. The Balaban J connectivity index is 1.80. The predicted molar refractivity (Wildman–Crippen MR) is 76.1 cm³/mol. The Kier molecular flexibility index (Phi) is 3.94. The van der Waals surface area contributed by atoms with Gasteiger partial charge in [0.2, 0.25) is 0 Å². The zero-order chi connectivity index (χ0) is 14.7. The van der Waals surface area contributed by atoms with Crippen LogP contribution in [0.1, 0.15) is 59.8 Å². The first-order valence-electron chi connectivity index (χ1n) is 7.32. The number of benzene rings is 1. The van der Waals surface area contributed by atoms with Crippen LogP contribution in [0.25, 0.3) is 0 Å².